The van der Waals surface area contributed by atoms with Crippen LogP contribution in [0.3, 0.4) is 0 Å². The molecule has 110 valence electrons. The molecule has 20 heavy (non-hydrogen) atoms. The van der Waals surface area contributed by atoms with Gasteiger partial charge in [-0.1, -0.05) is 24.3 Å². The number of aliphatic carboxylic acids is 1. The SMILES string of the molecule is CN(C)Cc1ccc(C2NC(C(=O)O)C(C)(C)S2)cc1. The summed E-state index contributed by atoms with van der Waals surface area (Å²) in [4.78, 5) is 13.4. The van der Waals surface area contributed by atoms with Crippen molar-refractivity contribution in [2.75, 3.05) is 14.1 Å². The molecule has 5 heteroatoms. The number of nitrogens with zero attached hydrogens (tertiary/aromatic N) is 1. The van der Waals surface area contributed by atoms with Crippen LogP contribution < -0.4 is 5.32 Å². The van der Waals surface area contributed by atoms with E-state index in [4.69, 9.17) is 0 Å². The molecule has 1 aliphatic heterocycles. The van der Waals surface area contributed by atoms with E-state index in [9.17, 15) is 9.90 Å². The van der Waals surface area contributed by atoms with Crippen LogP contribution in [0.15, 0.2) is 24.3 Å². The molecule has 1 heterocycles. The molecule has 2 N–H and O–H groups in total. The van der Waals surface area contributed by atoms with E-state index in [2.05, 4.69) is 34.5 Å². The van der Waals surface area contributed by atoms with Gasteiger partial charge in [-0.05, 0) is 39.1 Å². The van der Waals surface area contributed by atoms with Crippen molar-refractivity contribution >= 4 is 17.7 Å². The molecule has 4 nitrogen and oxygen atoms in total. The predicted octanol–water partition coefficient (Wildman–Crippen LogP) is 2.32. The van der Waals surface area contributed by atoms with Crippen molar-refractivity contribution in [3.63, 3.8) is 0 Å². The molecular weight excluding hydrogens is 272 g/mol. The van der Waals surface area contributed by atoms with Crippen LogP contribution in [0.5, 0.6) is 0 Å². The van der Waals surface area contributed by atoms with Crippen molar-refractivity contribution in [3.05, 3.63) is 35.4 Å². The molecule has 1 aromatic carbocycles. The highest BCUT2D eigenvalue weighted by atomic mass is 32.2. The zero-order valence-electron chi connectivity index (χ0n) is 12.4. The Kier molecular flexibility index (Phi) is 4.42. The third kappa shape index (κ3) is 3.34. The highest BCUT2D eigenvalue weighted by molar-refractivity contribution is 8.01. The number of rotatable bonds is 4. The number of hydrogen-bond donors (Lipinski definition) is 2. The van der Waals surface area contributed by atoms with Gasteiger partial charge in [0.1, 0.15) is 6.04 Å². The van der Waals surface area contributed by atoms with E-state index in [-0.39, 0.29) is 10.1 Å². The average Bonchev–Trinajstić information content (AvgIpc) is 2.65. The van der Waals surface area contributed by atoms with E-state index in [0.717, 1.165) is 12.1 Å². The Morgan fingerprint density at radius 1 is 1.35 bits per heavy atom. The first-order chi connectivity index (χ1) is 9.29. The fourth-order valence-corrected chi connectivity index (χ4v) is 3.86. The van der Waals surface area contributed by atoms with Crippen LogP contribution in [0, 0.1) is 0 Å². The molecule has 1 aliphatic rings. The molecule has 0 saturated carbocycles. The van der Waals surface area contributed by atoms with Crippen molar-refractivity contribution in [2.24, 2.45) is 0 Å². The lowest BCUT2D eigenvalue weighted by Gasteiger charge is -2.20. The van der Waals surface area contributed by atoms with Gasteiger partial charge in [0, 0.05) is 11.3 Å². The Morgan fingerprint density at radius 2 is 1.95 bits per heavy atom. The second kappa shape index (κ2) is 5.76. The zero-order chi connectivity index (χ0) is 14.9. The summed E-state index contributed by atoms with van der Waals surface area (Å²) < 4.78 is -0.307. The fraction of sp³-hybridized carbons (Fsp3) is 0.533. The first kappa shape index (κ1) is 15.4. The molecule has 0 aliphatic carbocycles. The normalized spacial score (nSPS) is 25.1. The van der Waals surface area contributed by atoms with Gasteiger partial charge in [0.05, 0.1) is 5.37 Å². The Morgan fingerprint density at radius 3 is 2.40 bits per heavy atom. The number of carbonyl (C=O) groups is 1. The standard InChI is InChI=1S/C15H22N2O2S/c1-15(2)12(14(18)19)16-13(20-15)11-7-5-10(6-8-11)9-17(3)4/h5-8,12-13,16H,9H2,1-4H3,(H,18,19). The minimum Gasteiger partial charge on any atom is -0.480 e. The number of hydrogen-bond acceptors (Lipinski definition) is 4. The number of carboxylic acids is 1. The zero-order valence-corrected chi connectivity index (χ0v) is 13.2. The van der Waals surface area contributed by atoms with E-state index in [1.165, 1.54) is 5.56 Å². The lowest BCUT2D eigenvalue weighted by Crippen LogP contribution is -2.43. The monoisotopic (exact) mass is 294 g/mol. The molecule has 1 saturated heterocycles. The number of carboxylic acid groups (broad SMARTS) is 1. The third-order valence-electron chi connectivity index (χ3n) is 3.46. The van der Waals surface area contributed by atoms with Gasteiger partial charge in [0.25, 0.3) is 0 Å². The molecular formula is C15H22N2O2S. The van der Waals surface area contributed by atoms with Gasteiger partial charge >= 0.3 is 5.97 Å². The van der Waals surface area contributed by atoms with Crippen LogP contribution in [0.25, 0.3) is 0 Å². The predicted molar refractivity (Wildman–Crippen MR) is 82.8 cm³/mol. The highest BCUT2D eigenvalue weighted by Crippen LogP contribution is 2.45. The molecule has 0 amide bonds. The summed E-state index contributed by atoms with van der Waals surface area (Å²) in [5.74, 6) is -0.783. The average molecular weight is 294 g/mol. The van der Waals surface area contributed by atoms with E-state index in [1.54, 1.807) is 11.8 Å². The van der Waals surface area contributed by atoms with E-state index in [1.807, 2.05) is 27.9 Å². The summed E-state index contributed by atoms with van der Waals surface area (Å²) in [6, 6.07) is 7.88. The van der Waals surface area contributed by atoms with Gasteiger partial charge in [-0.25, -0.2) is 0 Å². The first-order valence-electron chi connectivity index (χ1n) is 6.70. The van der Waals surface area contributed by atoms with Crippen molar-refractivity contribution in [1.29, 1.82) is 0 Å². The second-order valence-corrected chi connectivity index (χ2v) is 7.78. The summed E-state index contributed by atoms with van der Waals surface area (Å²) >= 11 is 1.67. The van der Waals surface area contributed by atoms with Crippen molar-refractivity contribution in [2.45, 2.75) is 36.6 Å². The largest absolute Gasteiger partial charge is 0.480 e. The molecule has 0 aromatic heterocycles. The highest BCUT2D eigenvalue weighted by Gasteiger charge is 2.45. The van der Waals surface area contributed by atoms with Gasteiger partial charge in [-0.3, -0.25) is 10.1 Å². The van der Waals surface area contributed by atoms with Crippen LogP contribution in [0.4, 0.5) is 0 Å². The smallest absolute Gasteiger partial charge is 0.322 e. The summed E-state index contributed by atoms with van der Waals surface area (Å²) in [5, 5.41) is 12.5. The van der Waals surface area contributed by atoms with Gasteiger partial charge in [0.2, 0.25) is 0 Å². The molecule has 2 atom stereocenters. The van der Waals surface area contributed by atoms with E-state index >= 15 is 0 Å². The van der Waals surface area contributed by atoms with E-state index in [0.29, 0.717) is 0 Å². The quantitative estimate of drug-likeness (QED) is 0.892. The van der Waals surface area contributed by atoms with Gasteiger partial charge < -0.3 is 10.0 Å². The van der Waals surface area contributed by atoms with E-state index < -0.39 is 12.0 Å². The summed E-state index contributed by atoms with van der Waals surface area (Å²) in [6.45, 7) is 4.86. The molecule has 0 bridgehead atoms. The minimum absolute atomic E-state index is 0.0412. The first-order valence-corrected chi connectivity index (χ1v) is 7.58. The Hall–Kier alpha value is -1.04. The molecule has 0 radical (unpaired) electrons. The topological polar surface area (TPSA) is 52.6 Å². The van der Waals surface area contributed by atoms with Crippen LogP contribution in [0.2, 0.25) is 0 Å². The molecule has 1 aromatic rings. The van der Waals surface area contributed by atoms with Gasteiger partial charge in [0.15, 0.2) is 0 Å². The molecule has 2 unspecified atom stereocenters. The van der Waals surface area contributed by atoms with Crippen molar-refractivity contribution < 1.29 is 9.90 Å². The summed E-state index contributed by atoms with van der Waals surface area (Å²) in [7, 11) is 4.09. The Labute approximate surface area is 124 Å². The maximum absolute atomic E-state index is 11.3. The fourth-order valence-electron chi connectivity index (χ4n) is 2.45. The van der Waals surface area contributed by atoms with Gasteiger partial charge in [-0.15, -0.1) is 11.8 Å². The lowest BCUT2D eigenvalue weighted by molar-refractivity contribution is -0.139. The molecule has 1 fully saturated rings. The van der Waals surface area contributed by atoms with Crippen molar-refractivity contribution in [1.82, 2.24) is 10.2 Å². The Balaban J connectivity index is 2.11. The number of benzene rings is 1. The number of thioether (sulfide) groups is 1. The minimum atomic E-state index is -0.783. The maximum atomic E-state index is 11.3. The van der Waals surface area contributed by atoms with Crippen LogP contribution >= 0.6 is 11.8 Å². The Bertz CT molecular complexity index is 485. The number of nitrogens with one attached hydrogen (secondary N) is 1. The lowest BCUT2D eigenvalue weighted by atomic mass is 10.0. The summed E-state index contributed by atoms with van der Waals surface area (Å²) in [6.07, 6.45) is 0. The van der Waals surface area contributed by atoms with Crippen LogP contribution in [-0.2, 0) is 11.3 Å². The second-order valence-electron chi connectivity index (χ2n) is 6.02. The van der Waals surface area contributed by atoms with Crippen LogP contribution in [-0.4, -0.2) is 40.9 Å². The van der Waals surface area contributed by atoms with Crippen molar-refractivity contribution in [3.8, 4) is 0 Å². The van der Waals surface area contributed by atoms with Crippen LogP contribution in [0.1, 0.15) is 30.3 Å². The van der Waals surface area contributed by atoms with Gasteiger partial charge in [-0.2, -0.15) is 0 Å². The maximum Gasteiger partial charge on any atom is 0.322 e. The summed E-state index contributed by atoms with van der Waals surface area (Å²) in [5.41, 5.74) is 2.39. The third-order valence-corrected chi connectivity index (χ3v) is 4.95. The molecule has 0 spiro atoms. The molecule has 2 rings (SSSR count).